The molecule has 0 aliphatic carbocycles. The maximum Gasteiger partial charge on any atom is 0.212 e. The van der Waals surface area contributed by atoms with E-state index < -0.39 is 31.0 Å². The molecule has 20 heavy (non-hydrogen) atoms. The van der Waals surface area contributed by atoms with Crippen LogP contribution in [0.4, 0.5) is 0 Å². The number of aromatic nitrogens is 1. The van der Waals surface area contributed by atoms with Crippen LogP contribution in [0.15, 0.2) is 30.4 Å². The van der Waals surface area contributed by atoms with Crippen LogP contribution in [0.25, 0.3) is 11.3 Å². The number of pyridine rings is 1. The molecule has 1 aromatic heterocycles. The van der Waals surface area contributed by atoms with Gasteiger partial charge in [-0.1, -0.05) is 32.9 Å². The largest absolute Gasteiger partial charge is 0.212 e. The number of aryl methyl sites for hydroxylation is 1. The summed E-state index contributed by atoms with van der Waals surface area (Å²) in [7, 11) is 1.50. The summed E-state index contributed by atoms with van der Waals surface area (Å²) in [5, 5.41) is 0. The van der Waals surface area contributed by atoms with E-state index in [0.29, 0.717) is 5.56 Å². The fraction of sp³-hybridized carbons (Fsp3) is 0.421. The predicted molar refractivity (Wildman–Crippen MR) is 86.0 cm³/mol. The van der Waals surface area contributed by atoms with Gasteiger partial charge in [0.15, 0.2) is 6.17 Å². The van der Waals surface area contributed by atoms with Crippen molar-refractivity contribution >= 4 is 0 Å². The van der Waals surface area contributed by atoms with E-state index in [4.69, 9.17) is 11.0 Å². The van der Waals surface area contributed by atoms with Gasteiger partial charge in [0.05, 0.1) is 1.37 Å². The van der Waals surface area contributed by atoms with Gasteiger partial charge in [-0.2, -0.15) is 0 Å². The molecule has 1 nitrogen and oxygen atoms in total. The summed E-state index contributed by atoms with van der Waals surface area (Å²) in [5.74, 6) is 0. The van der Waals surface area contributed by atoms with Crippen LogP contribution in [0.5, 0.6) is 0 Å². The minimum Gasteiger partial charge on any atom is -0.201 e. The van der Waals surface area contributed by atoms with Crippen LogP contribution in [0.3, 0.4) is 0 Å². The molecule has 0 aliphatic rings. The molecule has 0 atom stereocenters. The SMILES string of the molecule is [2H]c1c(C([2H])([2H])[2H])c(C([2H])([2H])[2H])c([2H])[n+](C)c1-c1cc(C(C)(C)C)ccc1C. The third-order valence-corrected chi connectivity index (χ3v) is 3.47. The van der Waals surface area contributed by atoms with Gasteiger partial charge in [0.2, 0.25) is 5.69 Å². The van der Waals surface area contributed by atoms with Gasteiger partial charge < -0.3 is 0 Å². The standard InChI is InChI=1S/C19H26N/c1-13-8-9-16(19(4,5)6)11-17(13)18-10-14(2)15(3)12-20(18)7/h8-12H,1-7H3/q+1/i2D3,3D3,10D,12D. The second-order valence-corrected chi connectivity index (χ2v) is 6.17. The van der Waals surface area contributed by atoms with Crippen molar-refractivity contribution in [2.45, 2.75) is 46.8 Å². The molecule has 0 unspecified atom stereocenters. The first-order valence-electron chi connectivity index (χ1n) is 10.6. The van der Waals surface area contributed by atoms with E-state index in [1.807, 2.05) is 45.9 Å². The highest BCUT2D eigenvalue weighted by Crippen LogP contribution is 2.29. The lowest BCUT2D eigenvalue weighted by atomic mass is 9.84. The van der Waals surface area contributed by atoms with Gasteiger partial charge in [-0.3, -0.25) is 0 Å². The van der Waals surface area contributed by atoms with Crippen molar-refractivity contribution in [3.63, 3.8) is 0 Å². The van der Waals surface area contributed by atoms with Crippen LogP contribution >= 0.6 is 0 Å². The van der Waals surface area contributed by atoms with Crippen LogP contribution in [-0.4, -0.2) is 0 Å². The number of hydrogen-bond donors (Lipinski definition) is 0. The molecule has 0 spiro atoms. The van der Waals surface area contributed by atoms with Crippen molar-refractivity contribution in [1.29, 1.82) is 0 Å². The second kappa shape index (κ2) is 5.05. The molecule has 0 N–H and O–H groups in total. The fourth-order valence-corrected chi connectivity index (χ4v) is 2.14. The molecule has 1 heteroatoms. The highest BCUT2D eigenvalue weighted by molar-refractivity contribution is 5.63. The Bertz CT molecular complexity index is 918. The Kier molecular flexibility index (Phi) is 1.87. The van der Waals surface area contributed by atoms with Crippen LogP contribution in [-0.2, 0) is 12.5 Å². The fourth-order valence-electron chi connectivity index (χ4n) is 2.14. The van der Waals surface area contributed by atoms with Crippen molar-refractivity contribution in [2.24, 2.45) is 7.05 Å². The zero-order chi connectivity index (χ0) is 21.8. The van der Waals surface area contributed by atoms with E-state index in [1.165, 1.54) is 11.6 Å². The van der Waals surface area contributed by atoms with E-state index in [9.17, 15) is 0 Å². The van der Waals surface area contributed by atoms with E-state index in [-0.39, 0.29) is 17.2 Å². The van der Waals surface area contributed by atoms with Crippen molar-refractivity contribution in [3.05, 3.63) is 52.7 Å². The zero-order valence-corrected chi connectivity index (χ0v) is 12.7. The Morgan fingerprint density at radius 2 is 1.80 bits per heavy atom. The summed E-state index contributed by atoms with van der Waals surface area (Å²) >= 11 is 0. The molecule has 0 radical (unpaired) electrons. The molecule has 0 aliphatic heterocycles. The number of nitrogens with zero attached hydrogens (tertiary/aromatic N) is 1. The first-order chi connectivity index (χ1) is 12.5. The lowest BCUT2D eigenvalue weighted by Gasteiger charge is -2.20. The van der Waals surface area contributed by atoms with Crippen LogP contribution in [0, 0.1) is 20.6 Å². The second-order valence-electron chi connectivity index (χ2n) is 6.17. The molecule has 2 rings (SSSR count). The maximum absolute atomic E-state index is 8.61. The topological polar surface area (TPSA) is 3.88 Å². The van der Waals surface area contributed by atoms with Crippen LogP contribution in [0.1, 0.15) is 54.0 Å². The Labute approximate surface area is 134 Å². The Balaban J connectivity index is 3.02. The monoisotopic (exact) mass is 276 g/mol. The summed E-state index contributed by atoms with van der Waals surface area (Å²) in [6, 6.07) is 5.39. The van der Waals surface area contributed by atoms with E-state index in [0.717, 1.165) is 11.1 Å². The average Bonchev–Trinajstić information content (AvgIpc) is 2.48. The van der Waals surface area contributed by atoms with Gasteiger partial charge in [0.1, 0.15) is 8.42 Å². The Morgan fingerprint density at radius 1 is 1.10 bits per heavy atom. The van der Waals surface area contributed by atoms with Gasteiger partial charge in [-0.05, 0) is 48.8 Å². The first kappa shape index (κ1) is 7.40. The van der Waals surface area contributed by atoms with Gasteiger partial charge in [0.25, 0.3) is 0 Å². The maximum atomic E-state index is 8.61. The minimum absolute atomic E-state index is 0.168. The average molecular weight is 276 g/mol. The van der Waals surface area contributed by atoms with Gasteiger partial charge in [-0.15, -0.1) is 0 Å². The molecule has 0 saturated carbocycles. The molecular weight excluding hydrogens is 242 g/mol. The molecule has 1 heterocycles. The number of benzene rings is 1. The van der Waals surface area contributed by atoms with E-state index >= 15 is 0 Å². The highest BCUT2D eigenvalue weighted by atomic mass is 14.9. The Morgan fingerprint density at radius 3 is 2.40 bits per heavy atom. The smallest absolute Gasteiger partial charge is 0.201 e. The zero-order valence-electron chi connectivity index (χ0n) is 20.7. The van der Waals surface area contributed by atoms with Gasteiger partial charge in [-0.25, -0.2) is 4.57 Å². The summed E-state index contributed by atoms with van der Waals surface area (Å²) < 4.78 is 64.9. The molecule has 1 aromatic carbocycles. The Hall–Kier alpha value is -1.63. The van der Waals surface area contributed by atoms with Crippen molar-refractivity contribution in [3.8, 4) is 11.3 Å². The van der Waals surface area contributed by atoms with Crippen molar-refractivity contribution in [2.75, 3.05) is 0 Å². The van der Waals surface area contributed by atoms with Crippen LogP contribution in [0.2, 0.25) is 0 Å². The molecule has 106 valence electrons. The molecule has 2 aromatic rings. The third kappa shape index (κ3) is 2.77. The molecular formula is C19H26N+. The van der Waals surface area contributed by atoms with E-state index in [2.05, 4.69) is 0 Å². The van der Waals surface area contributed by atoms with Gasteiger partial charge in [0, 0.05) is 25.4 Å². The van der Waals surface area contributed by atoms with Crippen LogP contribution < -0.4 is 4.57 Å². The summed E-state index contributed by atoms with van der Waals surface area (Å²) in [6.45, 7) is 2.35. The first-order valence-corrected chi connectivity index (χ1v) is 6.63. The lowest BCUT2D eigenvalue weighted by molar-refractivity contribution is -0.660. The quantitative estimate of drug-likeness (QED) is 0.680. The predicted octanol–water partition coefficient (Wildman–Crippen LogP) is 4.40. The molecule has 0 bridgehead atoms. The lowest BCUT2D eigenvalue weighted by Crippen LogP contribution is -2.31. The number of rotatable bonds is 1. The summed E-state index contributed by atoms with van der Waals surface area (Å²) in [6.07, 6.45) is -0.419. The number of hydrogen-bond acceptors (Lipinski definition) is 0. The van der Waals surface area contributed by atoms with Crippen molar-refractivity contribution in [1.82, 2.24) is 0 Å². The van der Waals surface area contributed by atoms with Gasteiger partial charge >= 0.3 is 0 Å². The third-order valence-electron chi connectivity index (χ3n) is 3.47. The minimum atomic E-state index is -2.82. The highest BCUT2D eigenvalue weighted by Gasteiger charge is 2.19. The molecule has 0 fully saturated rings. The normalized spacial score (nSPS) is 18.9. The van der Waals surface area contributed by atoms with Crippen molar-refractivity contribution < 1.29 is 15.5 Å². The summed E-state index contributed by atoms with van der Waals surface area (Å²) in [5.41, 5.74) is 1.32. The summed E-state index contributed by atoms with van der Waals surface area (Å²) in [4.78, 5) is 0. The van der Waals surface area contributed by atoms with E-state index in [1.54, 1.807) is 0 Å². The molecule has 0 saturated heterocycles. The molecule has 0 amide bonds.